The molecule has 1 aliphatic heterocycles. The number of nitrogens with zero attached hydrogens (tertiary/aromatic N) is 2. The molecule has 1 saturated heterocycles. The molecule has 6 heteroatoms. The van der Waals surface area contributed by atoms with Crippen LogP contribution in [0, 0.1) is 0 Å². The third kappa shape index (κ3) is 4.73. The first-order valence-corrected chi connectivity index (χ1v) is 9.71. The van der Waals surface area contributed by atoms with E-state index in [0.29, 0.717) is 6.54 Å². The molecule has 27 heavy (non-hydrogen) atoms. The van der Waals surface area contributed by atoms with Crippen molar-refractivity contribution in [3.05, 3.63) is 59.1 Å². The Balaban J connectivity index is 1.51. The van der Waals surface area contributed by atoms with Crippen LogP contribution in [0.5, 0.6) is 5.75 Å². The quantitative estimate of drug-likeness (QED) is 0.826. The first-order chi connectivity index (χ1) is 13.1. The van der Waals surface area contributed by atoms with Crippen LogP contribution in [0.1, 0.15) is 18.5 Å². The molecular weight excluding hydrogens is 362 g/mol. The molecule has 5 nitrogen and oxygen atoms in total. The third-order valence-electron chi connectivity index (χ3n) is 5.10. The molecule has 2 N–H and O–H groups in total. The number of amides is 1. The normalized spacial score (nSPS) is 15.5. The number of nitrogens with two attached hydrogens (primary N) is 1. The maximum Gasteiger partial charge on any atom is 0.277 e. The third-order valence-corrected chi connectivity index (χ3v) is 5.44. The van der Waals surface area contributed by atoms with Crippen LogP contribution in [0.2, 0.25) is 5.02 Å². The van der Waals surface area contributed by atoms with E-state index in [0.717, 1.165) is 48.2 Å². The van der Waals surface area contributed by atoms with Crippen molar-refractivity contribution in [2.24, 2.45) is 0 Å². The van der Waals surface area contributed by atoms with Crippen LogP contribution in [0.3, 0.4) is 0 Å². The number of methoxy groups -OCH3 is 1. The number of carbonyl (C=O) groups is 1. The molecule has 1 amide bonds. The van der Waals surface area contributed by atoms with E-state index in [9.17, 15) is 4.79 Å². The van der Waals surface area contributed by atoms with Gasteiger partial charge in [0.15, 0.2) is 6.54 Å². The van der Waals surface area contributed by atoms with Crippen molar-refractivity contribution in [2.75, 3.05) is 44.7 Å². The van der Waals surface area contributed by atoms with Gasteiger partial charge in [-0.2, -0.15) is 0 Å². The van der Waals surface area contributed by atoms with Crippen LogP contribution in [-0.4, -0.2) is 50.6 Å². The second-order valence-corrected chi connectivity index (χ2v) is 7.20. The number of hydrogen-bond acceptors (Lipinski definition) is 3. The van der Waals surface area contributed by atoms with Crippen LogP contribution in [0.15, 0.2) is 48.5 Å². The molecule has 3 rings (SSSR count). The Morgan fingerprint density at radius 2 is 1.78 bits per heavy atom. The Kier molecular flexibility index (Phi) is 6.58. The average molecular weight is 389 g/mol. The molecular formula is C21H27ClN3O2+. The largest absolute Gasteiger partial charge is 0.495 e. The Labute approximate surface area is 165 Å². The average Bonchev–Trinajstić information content (AvgIpc) is 2.72. The standard InChI is InChI=1S/C21H26ClN3O2/c1-16(17-7-3-4-8-18(17)22)23-15-21(26)25-13-11-24(12-14-25)19-9-5-6-10-20(19)27-2/h3-10,16,23H,11-15H2,1-2H3/p+1/t16-/m1/s1. The number of halogens is 1. The summed E-state index contributed by atoms with van der Waals surface area (Å²) in [6.45, 7) is 5.59. The monoisotopic (exact) mass is 388 g/mol. The zero-order valence-corrected chi connectivity index (χ0v) is 16.7. The summed E-state index contributed by atoms with van der Waals surface area (Å²) in [6.07, 6.45) is 0. The molecule has 0 aliphatic carbocycles. The lowest BCUT2D eigenvalue weighted by Crippen LogP contribution is -2.87. The number of anilines is 1. The zero-order chi connectivity index (χ0) is 19.2. The maximum atomic E-state index is 12.6. The molecule has 0 saturated carbocycles. The van der Waals surface area contributed by atoms with Crippen LogP contribution in [0.25, 0.3) is 0 Å². The van der Waals surface area contributed by atoms with Gasteiger partial charge >= 0.3 is 0 Å². The molecule has 1 aliphatic rings. The van der Waals surface area contributed by atoms with E-state index in [1.165, 1.54) is 0 Å². The van der Waals surface area contributed by atoms with Crippen molar-refractivity contribution in [2.45, 2.75) is 13.0 Å². The fourth-order valence-electron chi connectivity index (χ4n) is 3.47. The molecule has 144 valence electrons. The maximum absolute atomic E-state index is 12.6. The van der Waals surface area contributed by atoms with Gasteiger partial charge in [-0.25, -0.2) is 0 Å². The highest BCUT2D eigenvalue weighted by molar-refractivity contribution is 6.31. The summed E-state index contributed by atoms with van der Waals surface area (Å²) in [7, 11) is 1.69. The molecule has 2 aromatic carbocycles. The second kappa shape index (κ2) is 9.11. The smallest absolute Gasteiger partial charge is 0.277 e. The summed E-state index contributed by atoms with van der Waals surface area (Å²) >= 11 is 6.25. The molecule has 2 aromatic rings. The van der Waals surface area contributed by atoms with Crippen LogP contribution in [0.4, 0.5) is 5.69 Å². The molecule has 0 bridgehead atoms. The number of rotatable bonds is 6. The Bertz CT molecular complexity index is 776. The summed E-state index contributed by atoms with van der Waals surface area (Å²) in [5.41, 5.74) is 2.15. The summed E-state index contributed by atoms with van der Waals surface area (Å²) in [6, 6.07) is 16.0. The summed E-state index contributed by atoms with van der Waals surface area (Å²) in [4.78, 5) is 16.8. The van der Waals surface area contributed by atoms with E-state index in [4.69, 9.17) is 16.3 Å². The highest BCUT2D eigenvalue weighted by Crippen LogP contribution is 2.28. The first kappa shape index (κ1) is 19.5. The van der Waals surface area contributed by atoms with Crippen molar-refractivity contribution < 1.29 is 14.8 Å². The number of piperazine rings is 1. The van der Waals surface area contributed by atoms with Gasteiger partial charge in [-0.1, -0.05) is 41.9 Å². The number of ether oxygens (including phenoxy) is 1. The van der Waals surface area contributed by atoms with Crippen molar-refractivity contribution in [1.82, 2.24) is 4.90 Å². The molecule has 1 heterocycles. The highest BCUT2D eigenvalue weighted by Gasteiger charge is 2.24. The number of benzene rings is 2. The first-order valence-electron chi connectivity index (χ1n) is 9.33. The van der Waals surface area contributed by atoms with Crippen molar-refractivity contribution in [3.63, 3.8) is 0 Å². The Morgan fingerprint density at radius 1 is 1.11 bits per heavy atom. The second-order valence-electron chi connectivity index (χ2n) is 6.79. The molecule has 1 atom stereocenters. The van der Waals surface area contributed by atoms with Crippen molar-refractivity contribution >= 4 is 23.2 Å². The molecule has 0 aromatic heterocycles. The van der Waals surface area contributed by atoms with E-state index >= 15 is 0 Å². The summed E-state index contributed by atoms with van der Waals surface area (Å²) in [5, 5.41) is 2.80. The van der Waals surface area contributed by atoms with Gasteiger partial charge in [-0.3, -0.25) is 4.79 Å². The lowest BCUT2D eigenvalue weighted by molar-refractivity contribution is -0.683. The minimum absolute atomic E-state index is 0.150. The van der Waals surface area contributed by atoms with Gasteiger partial charge in [-0.05, 0) is 25.1 Å². The van der Waals surface area contributed by atoms with Gasteiger partial charge in [0.25, 0.3) is 5.91 Å². The van der Waals surface area contributed by atoms with Crippen molar-refractivity contribution in [3.8, 4) is 5.75 Å². The summed E-state index contributed by atoms with van der Waals surface area (Å²) in [5.74, 6) is 1.05. The molecule has 0 spiro atoms. The van der Waals surface area contributed by atoms with Gasteiger partial charge in [-0.15, -0.1) is 0 Å². The molecule has 1 fully saturated rings. The fraction of sp³-hybridized carbons (Fsp3) is 0.381. The van der Waals surface area contributed by atoms with E-state index in [1.807, 2.05) is 47.4 Å². The van der Waals surface area contributed by atoms with Gasteiger partial charge < -0.3 is 19.9 Å². The minimum atomic E-state index is 0.150. The lowest BCUT2D eigenvalue weighted by Gasteiger charge is -2.36. The minimum Gasteiger partial charge on any atom is -0.495 e. The van der Waals surface area contributed by atoms with E-state index in [-0.39, 0.29) is 11.9 Å². The van der Waals surface area contributed by atoms with Gasteiger partial charge in [0.1, 0.15) is 11.8 Å². The number of hydrogen-bond donors (Lipinski definition) is 1. The molecule has 0 radical (unpaired) electrons. The van der Waals surface area contributed by atoms with E-state index < -0.39 is 0 Å². The van der Waals surface area contributed by atoms with E-state index in [1.54, 1.807) is 7.11 Å². The number of para-hydroxylation sites is 2. The van der Waals surface area contributed by atoms with E-state index in [2.05, 4.69) is 23.2 Å². The van der Waals surface area contributed by atoms with Crippen molar-refractivity contribution in [1.29, 1.82) is 0 Å². The van der Waals surface area contributed by atoms with Gasteiger partial charge in [0.05, 0.1) is 12.8 Å². The number of quaternary nitrogens is 1. The predicted octanol–water partition coefficient (Wildman–Crippen LogP) is 2.32. The van der Waals surface area contributed by atoms with Crippen LogP contribution in [-0.2, 0) is 4.79 Å². The predicted molar refractivity (Wildman–Crippen MR) is 108 cm³/mol. The number of carbonyl (C=O) groups excluding carboxylic acids is 1. The van der Waals surface area contributed by atoms with Gasteiger partial charge in [0, 0.05) is 36.8 Å². The zero-order valence-electron chi connectivity index (χ0n) is 15.9. The highest BCUT2D eigenvalue weighted by atomic mass is 35.5. The Morgan fingerprint density at radius 3 is 2.48 bits per heavy atom. The molecule has 0 unspecified atom stereocenters. The topological polar surface area (TPSA) is 49.4 Å². The Hall–Kier alpha value is -2.24. The summed E-state index contributed by atoms with van der Waals surface area (Å²) < 4.78 is 5.45. The SMILES string of the molecule is COc1ccccc1N1CCN(C(=O)C[NH2+][C@H](C)c2ccccc2Cl)CC1. The van der Waals surface area contributed by atoms with Gasteiger partial charge in [0.2, 0.25) is 0 Å². The van der Waals surface area contributed by atoms with Crippen LogP contribution < -0.4 is 15.0 Å². The fourth-order valence-corrected chi connectivity index (χ4v) is 3.77. The lowest BCUT2D eigenvalue weighted by atomic mass is 10.1. The van der Waals surface area contributed by atoms with Crippen LogP contribution >= 0.6 is 11.6 Å².